The number of amides is 2. The maximum absolute atomic E-state index is 12.0. The van der Waals surface area contributed by atoms with Crippen LogP contribution >= 0.6 is 11.8 Å². The second kappa shape index (κ2) is 10.8. The Labute approximate surface area is 163 Å². The Kier molecular flexibility index (Phi) is 8.76. The molecule has 0 aromatic carbocycles. The molecule has 0 aromatic rings. The van der Waals surface area contributed by atoms with Crippen molar-refractivity contribution in [2.24, 2.45) is 11.8 Å². The van der Waals surface area contributed by atoms with Gasteiger partial charge in [0.05, 0.1) is 0 Å². The molecule has 0 radical (unpaired) electrons. The average Bonchev–Trinajstić information content (AvgIpc) is 2.93. The highest BCUT2D eigenvalue weighted by Crippen LogP contribution is 2.30. The molecule has 0 N–H and O–H groups in total. The minimum Gasteiger partial charge on any atom is -0.339 e. The topological polar surface area (TPSA) is 40.6 Å². The van der Waals surface area contributed by atoms with Crippen LogP contribution in [0, 0.1) is 11.8 Å². The van der Waals surface area contributed by atoms with Gasteiger partial charge in [-0.2, -0.15) is 11.8 Å². The fourth-order valence-corrected chi connectivity index (χ4v) is 5.38. The predicted octanol–water partition coefficient (Wildman–Crippen LogP) is 3.74. The van der Waals surface area contributed by atoms with Crippen molar-refractivity contribution in [2.45, 2.75) is 50.7 Å². The molecule has 2 fully saturated rings. The minimum absolute atomic E-state index is 0.0639. The number of carbonyl (C=O) groups is 2. The largest absolute Gasteiger partial charge is 0.339 e. The Morgan fingerprint density at radius 1 is 1.04 bits per heavy atom. The summed E-state index contributed by atoms with van der Waals surface area (Å²) in [7, 11) is 0. The molecule has 2 aliphatic rings. The Balaban J connectivity index is 1.70. The number of rotatable bonds is 7. The van der Waals surface area contributed by atoms with E-state index in [9.17, 15) is 9.59 Å². The van der Waals surface area contributed by atoms with Crippen LogP contribution in [0.1, 0.15) is 45.4 Å². The number of hydrogen-bond donors (Lipinski definition) is 0. The SMILES string of the molecule is C=CC(=O)N1CCC(SCCC(C)C2CCCCN(C(=O)C=C)C2)CC1. The highest BCUT2D eigenvalue weighted by Gasteiger charge is 2.26. The molecule has 0 aliphatic carbocycles. The van der Waals surface area contributed by atoms with Gasteiger partial charge in [-0.25, -0.2) is 0 Å². The quantitative estimate of drug-likeness (QED) is 0.634. The van der Waals surface area contributed by atoms with Crippen LogP contribution in [0.5, 0.6) is 0 Å². The Morgan fingerprint density at radius 2 is 1.69 bits per heavy atom. The van der Waals surface area contributed by atoms with Gasteiger partial charge in [0, 0.05) is 31.4 Å². The molecule has 2 rings (SSSR count). The van der Waals surface area contributed by atoms with Crippen LogP contribution in [0.4, 0.5) is 0 Å². The zero-order chi connectivity index (χ0) is 18.9. The monoisotopic (exact) mass is 378 g/mol. The molecular formula is C21H34N2O2S. The number of likely N-dealkylation sites (tertiary alicyclic amines) is 2. The average molecular weight is 379 g/mol. The highest BCUT2D eigenvalue weighted by molar-refractivity contribution is 7.99. The second-order valence-electron chi connectivity index (χ2n) is 7.61. The fourth-order valence-electron chi connectivity index (χ4n) is 4.00. The van der Waals surface area contributed by atoms with E-state index in [2.05, 4.69) is 31.8 Å². The molecule has 0 saturated carbocycles. The summed E-state index contributed by atoms with van der Waals surface area (Å²) in [6.07, 6.45) is 9.81. The molecule has 146 valence electrons. The molecule has 4 nitrogen and oxygen atoms in total. The van der Waals surface area contributed by atoms with Crippen LogP contribution in [-0.4, -0.2) is 58.8 Å². The van der Waals surface area contributed by atoms with Gasteiger partial charge in [0.1, 0.15) is 0 Å². The standard InChI is InChI=1S/C21H34N2O2S/c1-4-20(24)22-13-9-19(10-14-22)26-15-11-17(3)18-8-6-7-12-23(16-18)21(25)5-2/h4-5,17-19H,1-2,6-16H2,3H3. The lowest BCUT2D eigenvalue weighted by Gasteiger charge is -2.31. The van der Waals surface area contributed by atoms with Crippen LogP contribution in [0.3, 0.4) is 0 Å². The third-order valence-corrected chi connectivity index (χ3v) is 7.27. The molecule has 2 amide bonds. The van der Waals surface area contributed by atoms with Crippen LogP contribution in [-0.2, 0) is 9.59 Å². The summed E-state index contributed by atoms with van der Waals surface area (Å²) in [5, 5.41) is 0.670. The summed E-state index contributed by atoms with van der Waals surface area (Å²) < 4.78 is 0. The molecule has 2 aliphatic heterocycles. The minimum atomic E-state index is 0.0639. The van der Waals surface area contributed by atoms with Gasteiger partial charge < -0.3 is 9.80 Å². The van der Waals surface area contributed by atoms with Gasteiger partial charge in [0.25, 0.3) is 0 Å². The lowest BCUT2D eigenvalue weighted by molar-refractivity contribution is -0.127. The van der Waals surface area contributed by atoms with E-state index in [4.69, 9.17) is 0 Å². The van der Waals surface area contributed by atoms with E-state index < -0.39 is 0 Å². The fraction of sp³-hybridized carbons (Fsp3) is 0.714. The van der Waals surface area contributed by atoms with Crippen molar-refractivity contribution in [1.29, 1.82) is 0 Å². The summed E-state index contributed by atoms with van der Waals surface area (Å²) in [4.78, 5) is 27.5. The zero-order valence-corrected chi connectivity index (χ0v) is 17.0. The highest BCUT2D eigenvalue weighted by atomic mass is 32.2. The number of nitrogens with zero attached hydrogens (tertiary/aromatic N) is 2. The van der Waals surface area contributed by atoms with Crippen molar-refractivity contribution in [3.63, 3.8) is 0 Å². The van der Waals surface area contributed by atoms with E-state index in [0.717, 1.165) is 45.4 Å². The Bertz CT molecular complexity index is 500. The molecule has 0 aromatic heterocycles. The number of hydrogen-bond acceptors (Lipinski definition) is 3. The van der Waals surface area contributed by atoms with E-state index >= 15 is 0 Å². The molecular weight excluding hydrogens is 344 g/mol. The molecule has 0 spiro atoms. The molecule has 2 saturated heterocycles. The first-order valence-corrected chi connectivity index (χ1v) is 11.0. The normalized spacial score (nSPS) is 23.2. The zero-order valence-electron chi connectivity index (χ0n) is 16.2. The molecule has 0 bridgehead atoms. The smallest absolute Gasteiger partial charge is 0.245 e. The molecule has 5 heteroatoms. The van der Waals surface area contributed by atoms with E-state index in [-0.39, 0.29) is 11.8 Å². The summed E-state index contributed by atoms with van der Waals surface area (Å²) in [5.74, 6) is 2.57. The van der Waals surface area contributed by atoms with Gasteiger partial charge in [0.2, 0.25) is 11.8 Å². The first-order valence-electron chi connectivity index (χ1n) is 9.99. The lowest BCUT2D eigenvalue weighted by atomic mass is 9.88. The van der Waals surface area contributed by atoms with Crippen molar-refractivity contribution < 1.29 is 9.59 Å². The maximum Gasteiger partial charge on any atom is 0.245 e. The van der Waals surface area contributed by atoms with Crippen molar-refractivity contribution in [1.82, 2.24) is 9.80 Å². The van der Waals surface area contributed by atoms with Crippen LogP contribution < -0.4 is 0 Å². The van der Waals surface area contributed by atoms with Crippen molar-refractivity contribution in [3.8, 4) is 0 Å². The predicted molar refractivity (Wildman–Crippen MR) is 110 cm³/mol. The first kappa shape index (κ1) is 21.1. The van der Waals surface area contributed by atoms with E-state index in [1.165, 1.54) is 37.2 Å². The molecule has 26 heavy (non-hydrogen) atoms. The first-order chi connectivity index (χ1) is 12.5. The number of carbonyl (C=O) groups excluding carboxylic acids is 2. The van der Waals surface area contributed by atoms with Gasteiger partial charge >= 0.3 is 0 Å². The third kappa shape index (κ3) is 6.19. The second-order valence-corrected chi connectivity index (χ2v) is 9.02. The van der Waals surface area contributed by atoms with Crippen LogP contribution in [0.2, 0.25) is 0 Å². The Morgan fingerprint density at radius 3 is 2.35 bits per heavy atom. The van der Waals surface area contributed by atoms with Crippen LogP contribution in [0.15, 0.2) is 25.3 Å². The van der Waals surface area contributed by atoms with Crippen LogP contribution in [0.25, 0.3) is 0 Å². The molecule has 2 heterocycles. The van der Waals surface area contributed by atoms with E-state index in [1.807, 2.05) is 9.80 Å². The summed E-state index contributed by atoms with van der Waals surface area (Å²) in [6, 6.07) is 0. The van der Waals surface area contributed by atoms with Crippen molar-refractivity contribution in [2.75, 3.05) is 31.9 Å². The summed E-state index contributed by atoms with van der Waals surface area (Å²) >= 11 is 2.07. The maximum atomic E-state index is 12.0. The molecule has 2 unspecified atom stereocenters. The molecule has 2 atom stereocenters. The van der Waals surface area contributed by atoms with Gasteiger partial charge in [-0.1, -0.05) is 26.5 Å². The summed E-state index contributed by atoms with van der Waals surface area (Å²) in [5.41, 5.74) is 0. The van der Waals surface area contributed by atoms with Crippen molar-refractivity contribution in [3.05, 3.63) is 25.3 Å². The van der Waals surface area contributed by atoms with Gasteiger partial charge in [-0.05, 0) is 61.8 Å². The number of thioether (sulfide) groups is 1. The van der Waals surface area contributed by atoms with Crippen molar-refractivity contribution >= 4 is 23.6 Å². The van der Waals surface area contributed by atoms with E-state index in [1.54, 1.807) is 0 Å². The van der Waals surface area contributed by atoms with E-state index in [0.29, 0.717) is 17.1 Å². The Hall–Kier alpha value is -1.23. The summed E-state index contributed by atoms with van der Waals surface area (Å²) in [6.45, 7) is 13.0. The lowest BCUT2D eigenvalue weighted by Crippen LogP contribution is -2.38. The van der Waals surface area contributed by atoms with Gasteiger partial charge in [0.15, 0.2) is 0 Å². The van der Waals surface area contributed by atoms with Gasteiger partial charge in [-0.15, -0.1) is 0 Å². The van der Waals surface area contributed by atoms with Gasteiger partial charge in [-0.3, -0.25) is 9.59 Å². The third-order valence-electron chi connectivity index (χ3n) is 5.85. The number of piperidine rings is 1.